The fourth-order valence-corrected chi connectivity index (χ4v) is 2.05. The van der Waals surface area contributed by atoms with Crippen LogP contribution in [0.15, 0.2) is 0 Å². The lowest BCUT2D eigenvalue weighted by atomic mass is 10.1. The summed E-state index contributed by atoms with van der Waals surface area (Å²) in [6.07, 6.45) is 8.32. The Labute approximate surface area is 82.3 Å². The molecule has 0 N–H and O–H groups in total. The lowest BCUT2D eigenvalue weighted by molar-refractivity contribution is -0.0557. The summed E-state index contributed by atoms with van der Waals surface area (Å²) in [5.41, 5.74) is 0. The van der Waals surface area contributed by atoms with Crippen LogP contribution in [-0.2, 0) is 4.74 Å². The topological polar surface area (TPSA) is 12.5 Å². The zero-order valence-electron chi connectivity index (χ0n) is 9.09. The Morgan fingerprint density at radius 3 is 2.85 bits per heavy atom. The quantitative estimate of drug-likeness (QED) is 0.610. The zero-order chi connectivity index (χ0) is 9.52. The Bertz CT molecular complexity index is 127. The fraction of sp³-hybridized carbons (Fsp3) is 1.00. The fourth-order valence-electron chi connectivity index (χ4n) is 2.05. The van der Waals surface area contributed by atoms with Gasteiger partial charge in [0, 0.05) is 20.2 Å². The van der Waals surface area contributed by atoms with Crippen LogP contribution in [-0.4, -0.2) is 31.3 Å². The van der Waals surface area contributed by atoms with Gasteiger partial charge in [0.1, 0.15) is 6.23 Å². The van der Waals surface area contributed by atoms with Gasteiger partial charge in [0.2, 0.25) is 0 Å². The highest BCUT2D eigenvalue weighted by Gasteiger charge is 2.20. The summed E-state index contributed by atoms with van der Waals surface area (Å²) in [5.74, 6) is 0. The van der Waals surface area contributed by atoms with Gasteiger partial charge in [-0.25, -0.2) is 0 Å². The molecule has 0 aromatic heterocycles. The van der Waals surface area contributed by atoms with E-state index in [2.05, 4.69) is 11.8 Å². The molecule has 1 rings (SSSR count). The van der Waals surface area contributed by atoms with Gasteiger partial charge in [-0.05, 0) is 25.7 Å². The standard InChI is InChI=1S/C11H23NO/c1-3-4-6-9-12-10-7-5-8-11(12)13-2/h11H,3-10H2,1-2H3. The summed E-state index contributed by atoms with van der Waals surface area (Å²) < 4.78 is 5.46. The van der Waals surface area contributed by atoms with Gasteiger partial charge in [-0.1, -0.05) is 19.8 Å². The van der Waals surface area contributed by atoms with Crippen molar-refractivity contribution in [2.24, 2.45) is 0 Å². The predicted octanol–water partition coefficient (Wildman–Crippen LogP) is 2.64. The Kier molecular flexibility index (Phi) is 5.40. The van der Waals surface area contributed by atoms with Gasteiger partial charge in [0.05, 0.1) is 0 Å². The van der Waals surface area contributed by atoms with E-state index in [0.717, 1.165) is 0 Å². The molecule has 0 amide bonds. The average Bonchev–Trinajstić information content (AvgIpc) is 2.19. The van der Waals surface area contributed by atoms with Crippen LogP contribution in [0.3, 0.4) is 0 Å². The molecule has 1 fully saturated rings. The SMILES string of the molecule is CCCCCN1CCCCC1OC. The van der Waals surface area contributed by atoms with E-state index in [0.29, 0.717) is 6.23 Å². The second-order valence-electron chi connectivity index (χ2n) is 3.93. The molecule has 0 aliphatic carbocycles. The number of ether oxygens (including phenoxy) is 1. The molecule has 13 heavy (non-hydrogen) atoms. The zero-order valence-corrected chi connectivity index (χ0v) is 9.09. The highest BCUT2D eigenvalue weighted by Crippen LogP contribution is 2.17. The molecule has 1 unspecified atom stereocenters. The molecule has 1 atom stereocenters. The molecular weight excluding hydrogens is 162 g/mol. The minimum atomic E-state index is 0.408. The van der Waals surface area contributed by atoms with Crippen LogP contribution in [0.1, 0.15) is 45.4 Å². The number of hydrogen-bond donors (Lipinski definition) is 0. The molecular formula is C11H23NO. The van der Waals surface area contributed by atoms with Gasteiger partial charge in [-0.2, -0.15) is 0 Å². The normalized spacial score (nSPS) is 24.9. The smallest absolute Gasteiger partial charge is 0.110 e. The Morgan fingerprint density at radius 2 is 2.15 bits per heavy atom. The van der Waals surface area contributed by atoms with Gasteiger partial charge in [-0.3, -0.25) is 4.90 Å². The Balaban J connectivity index is 2.19. The molecule has 2 nitrogen and oxygen atoms in total. The molecule has 0 saturated carbocycles. The van der Waals surface area contributed by atoms with E-state index in [4.69, 9.17) is 4.74 Å². The molecule has 1 aliphatic heterocycles. The van der Waals surface area contributed by atoms with Gasteiger partial charge in [0.25, 0.3) is 0 Å². The third-order valence-corrected chi connectivity index (χ3v) is 2.87. The summed E-state index contributed by atoms with van der Waals surface area (Å²) in [5, 5.41) is 0. The minimum Gasteiger partial charge on any atom is -0.366 e. The van der Waals surface area contributed by atoms with E-state index < -0.39 is 0 Å². The molecule has 1 saturated heterocycles. The van der Waals surface area contributed by atoms with Crippen LogP contribution >= 0.6 is 0 Å². The second kappa shape index (κ2) is 6.39. The number of methoxy groups -OCH3 is 1. The van der Waals surface area contributed by atoms with Gasteiger partial charge >= 0.3 is 0 Å². The lowest BCUT2D eigenvalue weighted by Gasteiger charge is -2.34. The van der Waals surface area contributed by atoms with Crippen LogP contribution in [0.25, 0.3) is 0 Å². The van der Waals surface area contributed by atoms with Crippen molar-refractivity contribution in [3.8, 4) is 0 Å². The number of likely N-dealkylation sites (tertiary alicyclic amines) is 1. The predicted molar refractivity (Wildman–Crippen MR) is 55.7 cm³/mol. The van der Waals surface area contributed by atoms with Crippen LogP contribution < -0.4 is 0 Å². The van der Waals surface area contributed by atoms with Gasteiger partial charge in [0.15, 0.2) is 0 Å². The molecule has 1 heterocycles. The van der Waals surface area contributed by atoms with E-state index in [9.17, 15) is 0 Å². The number of unbranched alkanes of at least 4 members (excludes halogenated alkanes) is 2. The molecule has 0 spiro atoms. The van der Waals surface area contributed by atoms with E-state index in [1.807, 2.05) is 7.11 Å². The van der Waals surface area contributed by atoms with Crippen molar-refractivity contribution >= 4 is 0 Å². The van der Waals surface area contributed by atoms with Crippen LogP contribution in [0.2, 0.25) is 0 Å². The third kappa shape index (κ3) is 3.65. The van der Waals surface area contributed by atoms with E-state index in [-0.39, 0.29) is 0 Å². The monoisotopic (exact) mass is 185 g/mol. The first kappa shape index (κ1) is 11.0. The highest BCUT2D eigenvalue weighted by atomic mass is 16.5. The maximum absolute atomic E-state index is 5.46. The maximum atomic E-state index is 5.46. The van der Waals surface area contributed by atoms with Crippen LogP contribution in [0.4, 0.5) is 0 Å². The Morgan fingerprint density at radius 1 is 1.31 bits per heavy atom. The average molecular weight is 185 g/mol. The van der Waals surface area contributed by atoms with Gasteiger partial charge < -0.3 is 4.74 Å². The highest BCUT2D eigenvalue weighted by molar-refractivity contribution is 4.69. The summed E-state index contributed by atoms with van der Waals surface area (Å²) in [7, 11) is 1.84. The van der Waals surface area contributed by atoms with Crippen molar-refractivity contribution in [3.63, 3.8) is 0 Å². The van der Waals surface area contributed by atoms with Crippen molar-refractivity contribution in [1.29, 1.82) is 0 Å². The van der Waals surface area contributed by atoms with Crippen molar-refractivity contribution in [1.82, 2.24) is 4.90 Å². The van der Waals surface area contributed by atoms with Crippen molar-refractivity contribution in [3.05, 3.63) is 0 Å². The van der Waals surface area contributed by atoms with Crippen molar-refractivity contribution in [2.45, 2.75) is 51.7 Å². The summed E-state index contributed by atoms with van der Waals surface area (Å²) in [4.78, 5) is 2.50. The second-order valence-corrected chi connectivity index (χ2v) is 3.93. The molecule has 0 bridgehead atoms. The number of rotatable bonds is 5. The minimum absolute atomic E-state index is 0.408. The summed E-state index contributed by atoms with van der Waals surface area (Å²) >= 11 is 0. The molecule has 0 aromatic carbocycles. The molecule has 78 valence electrons. The van der Waals surface area contributed by atoms with E-state index >= 15 is 0 Å². The molecule has 0 radical (unpaired) electrons. The largest absolute Gasteiger partial charge is 0.366 e. The van der Waals surface area contributed by atoms with E-state index in [1.54, 1.807) is 0 Å². The Hall–Kier alpha value is -0.0800. The number of piperidine rings is 1. The molecule has 0 aromatic rings. The summed E-state index contributed by atoms with van der Waals surface area (Å²) in [6, 6.07) is 0. The number of nitrogens with zero attached hydrogens (tertiary/aromatic N) is 1. The van der Waals surface area contributed by atoms with Crippen molar-refractivity contribution < 1.29 is 4.74 Å². The molecule has 2 heteroatoms. The van der Waals surface area contributed by atoms with Gasteiger partial charge in [-0.15, -0.1) is 0 Å². The van der Waals surface area contributed by atoms with E-state index in [1.165, 1.54) is 51.6 Å². The third-order valence-electron chi connectivity index (χ3n) is 2.87. The first-order valence-electron chi connectivity index (χ1n) is 5.65. The lowest BCUT2D eigenvalue weighted by Crippen LogP contribution is -2.41. The van der Waals surface area contributed by atoms with Crippen molar-refractivity contribution in [2.75, 3.05) is 20.2 Å². The first-order valence-corrected chi connectivity index (χ1v) is 5.65. The maximum Gasteiger partial charge on any atom is 0.110 e. The first-order chi connectivity index (χ1) is 6.38. The summed E-state index contributed by atoms with van der Waals surface area (Å²) in [6.45, 7) is 4.72. The number of hydrogen-bond acceptors (Lipinski definition) is 2. The van der Waals surface area contributed by atoms with Crippen LogP contribution in [0.5, 0.6) is 0 Å². The molecule has 1 aliphatic rings. The van der Waals surface area contributed by atoms with Crippen LogP contribution in [0, 0.1) is 0 Å².